The smallest absolute Gasteiger partial charge is 0.294 e. The molecule has 1 aliphatic heterocycles. The van der Waals surface area contributed by atoms with Crippen LogP contribution in [-0.4, -0.2) is 23.9 Å². The van der Waals surface area contributed by atoms with Crippen LogP contribution in [0.4, 0.5) is 14.5 Å². The highest BCUT2D eigenvalue weighted by Crippen LogP contribution is 2.44. The lowest BCUT2D eigenvalue weighted by atomic mass is 9.93. The summed E-state index contributed by atoms with van der Waals surface area (Å²) in [5.41, 5.74) is 0.902. The summed E-state index contributed by atoms with van der Waals surface area (Å²) in [7, 11) is 1.42. The molecule has 6 nitrogen and oxygen atoms in total. The number of carbonyl (C=O) groups excluding carboxylic acids is 2. The Bertz CT molecular complexity index is 1590. The molecule has 36 heavy (non-hydrogen) atoms. The number of nitrogens with zero attached hydrogens (tertiary/aromatic N) is 1. The van der Waals surface area contributed by atoms with E-state index in [-0.39, 0.29) is 22.6 Å². The Morgan fingerprint density at radius 2 is 1.89 bits per heavy atom. The van der Waals surface area contributed by atoms with Crippen molar-refractivity contribution >= 4 is 39.9 Å². The zero-order valence-electron chi connectivity index (χ0n) is 19.0. The van der Waals surface area contributed by atoms with Crippen LogP contribution in [0.25, 0.3) is 11.0 Å². The third kappa shape index (κ3) is 3.79. The fraction of sp³-hybridized carbons (Fsp3) is 0.111. The largest absolute Gasteiger partial charge is 0.503 e. The molecule has 2 heterocycles. The first-order chi connectivity index (χ1) is 17.2. The second kappa shape index (κ2) is 8.80. The summed E-state index contributed by atoms with van der Waals surface area (Å²) in [5.74, 6) is -4.40. The Labute approximate surface area is 209 Å². The number of aryl methyl sites for hydroxylation is 1. The minimum absolute atomic E-state index is 0.181. The van der Waals surface area contributed by atoms with Gasteiger partial charge >= 0.3 is 0 Å². The molecule has 0 fully saturated rings. The van der Waals surface area contributed by atoms with E-state index in [1.165, 1.54) is 19.2 Å². The molecule has 1 aromatic heterocycles. The Balaban J connectivity index is 1.69. The molecule has 5 rings (SSSR count). The van der Waals surface area contributed by atoms with Crippen molar-refractivity contribution in [1.82, 2.24) is 0 Å². The number of aliphatic hydroxyl groups is 1. The van der Waals surface area contributed by atoms with Crippen molar-refractivity contribution in [3.63, 3.8) is 0 Å². The third-order valence-corrected chi connectivity index (χ3v) is 6.19. The molecule has 0 saturated carbocycles. The summed E-state index contributed by atoms with van der Waals surface area (Å²) in [4.78, 5) is 27.9. The van der Waals surface area contributed by atoms with E-state index in [4.69, 9.17) is 20.8 Å². The van der Waals surface area contributed by atoms with E-state index in [1.54, 1.807) is 24.3 Å². The number of methoxy groups -OCH3 is 1. The van der Waals surface area contributed by atoms with E-state index in [0.717, 1.165) is 22.6 Å². The van der Waals surface area contributed by atoms with Crippen LogP contribution >= 0.6 is 11.6 Å². The Hall–Kier alpha value is -4.17. The molecule has 3 aromatic carbocycles. The van der Waals surface area contributed by atoms with Crippen molar-refractivity contribution in [2.75, 3.05) is 12.0 Å². The van der Waals surface area contributed by atoms with Gasteiger partial charge < -0.3 is 14.3 Å². The molecule has 1 N–H and O–H groups in total. The Morgan fingerprint density at radius 1 is 1.11 bits per heavy atom. The highest BCUT2D eigenvalue weighted by molar-refractivity contribution is 6.31. The van der Waals surface area contributed by atoms with Gasteiger partial charge in [0.2, 0.25) is 5.78 Å². The average Bonchev–Trinajstić information content (AvgIpc) is 3.37. The number of rotatable bonds is 5. The quantitative estimate of drug-likeness (QED) is 0.312. The first-order valence-corrected chi connectivity index (χ1v) is 11.2. The number of anilines is 1. The van der Waals surface area contributed by atoms with Gasteiger partial charge in [-0.25, -0.2) is 8.78 Å². The van der Waals surface area contributed by atoms with Gasteiger partial charge in [0.15, 0.2) is 22.9 Å². The van der Waals surface area contributed by atoms with Gasteiger partial charge in [-0.2, -0.15) is 0 Å². The number of ether oxygens (including phenoxy) is 1. The molecular weight excluding hydrogens is 492 g/mol. The second-order valence-electron chi connectivity index (χ2n) is 8.32. The lowest BCUT2D eigenvalue weighted by Crippen LogP contribution is -2.31. The number of aliphatic hydroxyl groups excluding tert-OH is 1. The van der Waals surface area contributed by atoms with Crippen LogP contribution in [0.15, 0.2) is 76.4 Å². The molecule has 1 aliphatic rings. The number of hydrogen-bond donors (Lipinski definition) is 1. The Morgan fingerprint density at radius 3 is 2.58 bits per heavy atom. The number of benzene rings is 3. The van der Waals surface area contributed by atoms with Crippen LogP contribution < -0.4 is 9.64 Å². The van der Waals surface area contributed by atoms with Crippen molar-refractivity contribution in [2.45, 2.75) is 13.0 Å². The molecule has 1 unspecified atom stereocenters. The SMILES string of the molecule is COc1cc(Cl)cc2cc(C(=O)C3=C(O)C(=O)N(c4ccc(F)cc4F)C3c3cccc(C)c3)oc12. The molecule has 0 spiro atoms. The molecule has 1 atom stereocenters. The van der Waals surface area contributed by atoms with Crippen molar-refractivity contribution in [3.05, 3.63) is 106 Å². The monoisotopic (exact) mass is 509 g/mol. The van der Waals surface area contributed by atoms with E-state index in [1.807, 2.05) is 13.0 Å². The predicted molar refractivity (Wildman–Crippen MR) is 130 cm³/mol. The number of amides is 1. The number of fused-ring (bicyclic) bond motifs is 1. The molecule has 0 aliphatic carbocycles. The highest BCUT2D eigenvalue weighted by Gasteiger charge is 2.46. The summed E-state index contributed by atoms with van der Waals surface area (Å²) in [6.45, 7) is 1.81. The molecule has 0 saturated heterocycles. The van der Waals surface area contributed by atoms with E-state index in [2.05, 4.69) is 0 Å². The van der Waals surface area contributed by atoms with Crippen LogP contribution in [0.3, 0.4) is 0 Å². The molecule has 1 amide bonds. The average molecular weight is 510 g/mol. The second-order valence-corrected chi connectivity index (χ2v) is 8.75. The van der Waals surface area contributed by atoms with E-state index in [0.29, 0.717) is 27.8 Å². The fourth-order valence-electron chi connectivity index (χ4n) is 4.40. The van der Waals surface area contributed by atoms with Crippen LogP contribution in [0.1, 0.15) is 27.7 Å². The van der Waals surface area contributed by atoms with Crippen molar-refractivity contribution in [3.8, 4) is 5.75 Å². The van der Waals surface area contributed by atoms with Gasteiger partial charge in [0.1, 0.15) is 11.6 Å². The number of hydrogen-bond acceptors (Lipinski definition) is 5. The lowest BCUT2D eigenvalue weighted by Gasteiger charge is -2.27. The maximum absolute atomic E-state index is 14.8. The number of carbonyl (C=O) groups is 2. The standard InChI is InChI=1S/C27H18ClF2NO5/c1-13-4-3-5-14(8-13)23-22(25(33)27(34)31(23)19-7-6-17(29)12-18(19)30)24(32)20-10-15-9-16(28)11-21(35-2)26(15)36-20/h3-12,23,33H,1-2H3. The number of ketones is 1. The number of halogens is 3. The van der Waals surface area contributed by atoms with Gasteiger partial charge in [-0.15, -0.1) is 0 Å². The topological polar surface area (TPSA) is 80.0 Å². The summed E-state index contributed by atoms with van der Waals surface area (Å²) < 4.78 is 39.5. The lowest BCUT2D eigenvalue weighted by molar-refractivity contribution is -0.117. The zero-order chi connectivity index (χ0) is 25.7. The van der Waals surface area contributed by atoms with Crippen LogP contribution in [0, 0.1) is 18.6 Å². The van der Waals surface area contributed by atoms with Gasteiger partial charge in [0, 0.05) is 22.5 Å². The van der Waals surface area contributed by atoms with Crippen molar-refractivity contribution < 1.29 is 32.6 Å². The molecular formula is C27H18ClF2NO5. The molecule has 0 bridgehead atoms. The minimum Gasteiger partial charge on any atom is -0.503 e. The van der Waals surface area contributed by atoms with Gasteiger partial charge in [-0.3, -0.25) is 14.5 Å². The first-order valence-electron chi connectivity index (χ1n) is 10.8. The van der Waals surface area contributed by atoms with E-state index in [9.17, 15) is 23.5 Å². The maximum Gasteiger partial charge on any atom is 0.294 e. The molecule has 4 aromatic rings. The van der Waals surface area contributed by atoms with Crippen LogP contribution in [0.5, 0.6) is 5.75 Å². The van der Waals surface area contributed by atoms with Gasteiger partial charge in [0.25, 0.3) is 5.91 Å². The normalized spacial score (nSPS) is 15.8. The Kier molecular flexibility index (Phi) is 5.76. The highest BCUT2D eigenvalue weighted by atomic mass is 35.5. The van der Waals surface area contributed by atoms with Crippen molar-refractivity contribution in [1.29, 1.82) is 0 Å². The first kappa shape index (κ1) is 23.6. The van der Waals surface area contributed by atoms with Crippen molar-refractivity contribution in [2.24, 2.45) is 0 Å². The molecule has 9 heteroatoms. The summed E-state index contributed by atoms with van der Waals surface area (Å²) >= 11 is 6.12. The third-order valence-electron chi connectivity index (χ3n) is 5.97. The molecule has 182 valence electrons. The molecule has 0 radical (unpaired) electrons. The van der Waals surface area contributed by atoms with E-state index < -0.39 is 35.1 Å². The fourth-order valence-corrected chi connectivity index (χ4v) is 4.62. The number of furan rings is 1. The van der Waals surface area contributed by atoms with Gasteiger partial charge in [0.05, 0.1) is 24.4 Å². The minimum atomic E-state index is -1.21. The maximum atomic E-state index is 14.8. The predicted octanol–water partition coefficient (Wildman–Crippen LogP) is 6.46. The zero-order valence-corrected chi connectivity index (χ0v) is 19.8. The summed E-state index contributed by atoms with van der Waals surface area (Å²) in [6.07, 6.45) is 0. The van der Waals surface area contributed by atoms with Crippen LogP contribution in [0.2, 0.25) is 5.02 Å². The van der Waals surface area contributed by atoms with E-state index >= 15 is 0 Å². The van der Waals surface area contributed by atoms with Gasteiger partial charge in [-0.1, -0.05) is 41.4 Å². The summed E-state index contributed by atoms with van der Waals surface area (Å²) in [6, 6.07) is 12.9. The number of Topliss-reactive ketones (excluding diaryl/α,β-unsaturated/α-hetero) is 1. The van der Waals surface area contributed by atoms with Gasteiger partial charge in [-0.05, 0) is 36.8 Å². The van der Waals surface area contributed by atoms with Crippen LogP contribution in [-0.2, 0) is 4.79 Å². The summed E-state index contributed by atoms with van der Waals surface area (Å²) in [5, 5.41) is 11.7.